The summed E-state index contributed by atoms with van der Waals surface area (Å²) in [5.74, 6) is 1.92. The summed E-state index contributed by atoms with van der Waals surface area (Å²) in [4.78, 5) is 16.2. The van der Waals surface area contributed by atoms with Gasteiger partial charge in [-0.1, -0.05) is 184 Å². The number of para-hydroxylation sites is 2. The summed E-state index contributed by atoms with van der Waals surface area (Å²) >= 11 is 0. The Bertz CT molecular complexity index is 3790. The van der Waals surface area contributed by atoms with Crippen molar-refractivity contribution in [3.05, 3.63) is 217 Å². The first-order valence-electron chi connectivity index (χ1n) is 22.6. The van der Waals surface area contributed by atoms with Gasteiger partial charge in [-0.2, -0.15) is 9.97 Å². The van der Waals surface area contributed by atoms with Crippen molar-refractivity contribution >= 4 is 49.2 Å². The lowest BCUT2D eigenvalue weighted by molar-refractivity contribution is 0.660. The molecule has 2 aliphatic rings. The molecule has 3 heterocycles. The van der Waals surface area contributed by atoms with Crippen LogP contribution >= 0.6 is 0 Å². The Morgan fingerprint density at radius 3 is 1.75 bits per heavy atom. The van der Waals surface area contributed by atoms with Crippen LogP contribution < -0.4 is 0 Å². The van der Waals surface area contributed by atoms with Crippen LogP contribution in [0.25, 0.3) is 106 Å². The van der Waals surface area contributed by atoms with Gasteiger partial charge in [-0.15, -0.1) is 0 Å². The van der Waals surface area contributed by atoms with Gasteiger partial charge < -0.3 is 4.57 Å². The Labute approximate surface area is 377 Å². The molecular formula is C60H43N5. The second kappa shape index (κ2) is 14.4. The number of nitrogens with zero attached hydrogens (tertiary/aromatic N) is 5. The molecule has 0 unspecified atom stereocenters. The summed E-state index contributed by atoms with van der Waals surface area (Å²) in [5.41, 5.74) is 17.1. The van der Waals surface area contributed by atoms with E-state index in [1.54, 1.807) is 0 Å². The minimum absolute atomic E-state index is 0.166. The average Bonchev–Trinajstić information content (AvgIpc) is 3.97. The van der Waals surface area contributed by atoms with E-state index >= 15 is 0 Å². The first kappa shape index (κ1) is 37.4. The Balaban J connectivity index is 1.11. The fraction of sp³-hybridized carbons (Fsp3) is 0.0833. The predicted molar refractivity (Wildman–Crippen MR) is 269 cm³/mol. The van der Waals surface area contributed by atoms with Gasteiger partial charge in [0, 0.05) is 43.8 Å². The smallest absolute Gasteiger partial charge is 0.238 e. The van der Waals surface area contributed by atoms with Gasteiger partial charge in [0.05, 0.1) is 22.1 Å². The Kier molecular flexibility index (Phi) is 8.31. The van der Waals surface area contributed by atoms with Crippen LogP contribution in [0.3, 0.4) is 0 Å². The van der Waals surface area contributed by atoms with Crippen molar-refractivity contribution in [1.29, 1.82) is 0 Å². The molecule has 65 heavy (non-hydrogen) atoms. The van der Waals surface area contributed by atoms with Crippen molar-refractivity contribution in [2.75, 3.05) is 0 Å². The monoisotopic (exact) mass is 833 g/mol. The van der Waals surface area contributed by atoms with E-state index in [1.165, 1.54) is 55.3 Å². The summed E-state index contributed by atoms with van der Waals surface area (Å²) in [6.45, 7) is 4.65. The lowest BCUT2D eigenvalue weighted by Crippen LogP contribution is -2.15. The molecule has 5 heteroatoms. The molecule has 0 N–H and O–H groups in total. The van der Waals surface area contributed by atoms with Gasteiger partial charge >= 0.3 is 0 Å². The van der Waals surface area contributed by atoms with Crippen molar-refractivity contribution in [3.63, 3.8) is 0 Å². The van der Waals surface area contributed by atoms with Crippen LogP contribution in [0.1, 0.15) is 43.6 Å². The number of benzene rings is 8. The van der Waals surface area contributed by atoms with Crippen LogP contribution in [-0.2, 0) is 5.41 Å². The van der Waals surface area contributed by atoms with Crippen molar-refractivity contribution < 1.29 is 0 Å². The molecule has 0 radical (unpaired) electrons. The van der Waals surface area contributed by atoms with E-state index < -0.39 is 0 Å². The van der Waals surface area contributed by atoms with E-state index in [4.69, 9.17) is 15.0 Å². The van der Waals surface area contributed by atoms with Gasteiger partial charge in [0.25, 0.3) is 0 Å². The van der Waals surface area contributed by atoms with Crippen LogP contribution in [0.15, 0.2) is 200 Å². The second-order valence-electron chi connectivity index (χ2n) is 17.9. The quantitative estimate of drug-likeness (QED) is 0.168. The van der Waals surface area contributed by atoms with Crippen molar-refractivity contribution in [3.8, 4) is 56.4 Å². The maximum Gasteiger partial charge on any atom is 0.238 e. The molecule has 11 aromatic rings. The first-order chi connectivity index (χ1) is 32.0. The fourth-order valence-electron chi connectivity index (χ4n) is 10.7. The summed E-state index contributed by atoms with van der Waals surface area (Å²) in [6, 6.07) is 66.0. The zero-order chi connectivity index (χ0) is 43.2. The van der Waals surface area contributed by atoms with Crippen molar-refractivity contribution in [2.24, 2.45) is 0 Å². The summed E-state index contributed by atoms with van der Waals surface area (Å²) in [7, 11) is 0. The summed E-state index contributed by atoms with van der Waals surface area (Å²) < 4.78 is 4.76. The normalized spacial score (nSPS) is 14.0. The molecule has 5 nitrogen and oxygen atoms in total. The number of fused-ring (bicyclic) bond motifs is 10. The molecule has 0 saturated heterocycles. The number of hydrogen-bond acceptors (Lipinski definition) is 3. The Morgan fingerprint density at radius 1 is 0.431 bits per heavy atom. The third-order valence-electron chi connectivity index (χ3n) is 13.8. The highest BCUT2D eigenvalue weighted by molar-refractivity contribution is 6.23. The standard InChI is InChI=1S/C60H43N5/c1-60(2)51-27-15-12-24-44(51)45-32-30-41(36-52(45)60)58-61-57(40-22-10-5-11-23-40)62-59(63-58)65-54-29-17-14-26-47(54)49-35-34-48-46-25-13-16-28-53(46)64(55(48)56(49)65)42-31-33-43(38-18-6-3-7-19-38)50(37-42)39-20-8-4-9-21-39/h3-4,6-10,12-37H,5,11H2,1-2H3. The van der Waals surface area contributed by atoms with Gasteiger partial charge in [0.1, 0.15) is 0 Å². The topological polar surface area (TPSA) is 48.5 Å². The van der Waals surface area contributed by atoms with Crippen molar-refractivity contribution in [1.82, 2.24) is 24.1 Å². The number of aromatic nitrogens is 5. The third kappa shape index (κ3) is 5.75. The molecule has 0 atom stereocenters. The molecule has 0 amide bonds. The second-order valence-corrected chi connectivity index (χ2v) is 17.9. The van der Waals surface area contributed by atoms with Gasteiger partial charge in [-0.25, -0.2) is 4.98 Å². The van der Waals surface area contributed by atoms with Gasteiger partial charge in [-0.05, 0) is 87.7 Å². The van der Waals surface area contributed by atoms with E-state index in [2.05, 4.69) is 223 Å². The Hall–Kier alpha value is -8.15. The van der Waals surface area contributed by atoms with E-state index in [1.807, 2.05) is 0 Å². The van der Waals surface area contributed by atoms with Crippen LogP contribution in [0, 0.1) is 0 Å². The molecular weight excluding hydrogens is 791 g/mol. The minimum atomic E-state index is -0.166. The zero-order valence-corrected chi connectivity index (χ0v) is 36.2. The van der Waals surface area contributed by atoms with Crippen molar-refractivity contribution in [2.45, 2.75) is 32.1 Å². The highest BCUT2D eigenvalue weighted by Crippen LogP contribution is 2.50. The molecule has 8 aromatic carbocycles. The van der Waals surface area contributed by atoms with E-state index in [9.17, 15) is 0 Å². The lowest BCUT2D eigenvalue weighted by atomic mass is 9.82. The largest absolute Gasteiger partial charge is 0.307 e. The summed E-state index contributed by atoms with van der Waals surface area (Å²) in [5, 5.41) is 4.63. The lowest BCUT2D eigenvalue weighted by Gasteiger charge is -2.22. The number of hydrogen-bond donors (Lipinski definition) is 0. The number of allylic oxidation sites excluding steroid dienone is 4. The van der Waals surface area contributed by atoms with E-state index in [0.717, 1.165) is 62.5 Å². The average molecular weight is 834 g/mol. The van der Waals surface area contributed by atoms with Crippen LogP contribution in [0.5, 0.6) is 0 Å². The molecule has 0 spiro atoms. The maximum atomic E-state index is 5.51. The first-order valence-corrected chi connectivity index (χ1v) is 22.6. The van der Waals surface area contributed by atoms with E-state index in [0.29, 0.717) is 17.6 Å². The minimum Gasteiger partial charge on any atom is -0.307 e. The molecule has 0 fully saturated rings. The van der Waals surface area contributed by atoms with E-state index in [-0.39, 0.29) is 5.41 Å². The maximum absolute atomic E-state index is 5.51. The fourth-order valence-corrected chi connectivity index (χ4v) is 10.7. The van der Waals surface area contributed by atoms with Gasteiger partial charge in [0.15, 0.2) is 11.6 Å². The van der Waals surface area contributed by atoms with Gasteiger partial charge in [0.2, 0.25) is 5.95 Å². The molecule has 2 aliphatic carbocycles. The van der Waals surface area contributed by atoms with Crippen LogP contribution in [0.4, 0.5) is 0 Å². The molecule has 0 saturated carbocycles. The summed E-state index contributed by atoms with van der Waals surface area (Å²) in [6.07, 6.45) is 8.60. The van der Waals surface area contributed by atoms with Crippen LogP contribution in [0.2, 0.25) is 0 Å². The predicted octanol–water partition coefficient (Wildman–Crippen LogP) is 15.1. The molecule has 308 valence electrons. The molecule has 0 bridgehead atoms. The molecule has 13 rings (SSSR count). The molecule has 0 aliphatic heterocycles. The zero-order valence-electron chi connectivity index (χ0n) is 36.2. The SMILES string of the molecule is CC1(C)c2ccccc2-c2ccc(-c3nc(C4=CCCC=C4)nc(-n4c5ccccc5c5ccc6c7ccccc7n(-c7ccc(-c8ccccc8)c(-c8ccccc8)c7)c6c54)n3)cc21. The third-order valence-corrected chi connectivity index (χ3v) is 13.8. The van der Waals surface area contributed by atoms with Crippen LogP contribution in [-0.4, -0.2) is 24.1 Å². The number of rotatable bonds is 6. The Morgan fingerprint density at radius 2 is 1.03 bits per heavy atom. The van der Waals surface area contributed by atoms with Gasteiger partial charge in [-0.3, -0.25) is 4.57 Å². The highest BCUT2D eigenvalue weighted by atomic mass is 15.2. The molecule has 3 aromatic heterocycles. The highest BCUT2D eigenvalue weighted by Gasteiger charge is 2.35.